The second-order valence-electron chi connectivity index (χ2n) is 35.9. The Kier molecular flexibility index (Phi) is 31.9. The molecule has 4 saturated heterocycles. The van der Waals surface area contributed by atoms with Gasteiger partial charge in [0, 0.05) is 10.5 Å². The number of hydrogen-bond acceptors (Lipinski definition) is 21. The molecule has 4 aliphatic rings. The van der Waals surface area contributed by atoms with E-state index in [0.29, 0.717) is 5.56 Å². The summed E-state index contributed by atoms with van der Waals surface area (Å²) >= 11 is 21.8. The molecule has 10 aromatic rings. The van der Waals surface area contributed by atoms with Gasteiger partial charge in [-0.25, -0.2) is 24.3 Å². The van der Waals surface area contributed by atoms with Gasteiger partial charge in [0.25, 0.3) is 9.70 Å². The van der Waals surface area contributed by atoms with Crippen molar-refractivity contribution in [2.45, 2.75) is 217 Å². The molecular weight excluding hydrogens is 1760 g/mol. The van der Waals surface area contributed by atoms with Crippen LogP contribution in [0.15, 0.2) is 302 Å². The number of esters is 2. The number of aryl methyl sites for hydroxylation is 1. The van der Waals surface area contributed by atoms with Crippen molar-refractivity contribution < 1.29 is 94.9 Å². The minimum absolute atomic E-state index is 0.0914. The lowest BCUT2D eigenvalue weighted by molar-refractivity contribution is -0.407. The van der Waals surface area contributed by atoms with Crippen molar-refractivity contribution >= 4 is 110 Å². The zero-order valence-corrected chi connectivity index (χ0v) is 79.9. The first-order valence-corrected chi connectivity index (χ1v) is 51.8. The first-order valence-electron chi connectivity index (χ1n) is 43.1. The van der Waals surface area contributed by atoms with E-state index in [0.717, 1.165) is 42.3 Å². The quantitative estimate of drug-likeness (QED) is 0.0133. The molecule has 21 nitrogen and oxygen atoms in total. The first-order chi connectivity index (χ1) is 61.4. The number of ether oxygens (including phenoxy) is 11. The van der Waals surface area contributed by atoms with E-state index in [4.69, 9.17) is 115 Å². The Morgan fingerprint density at radius 3 is 1.27 bits per heavy atom. The van der Waals surface area contributed by atoms with Crippen molar-refractivity contribution in [2.24, 2.45) is 0 Å². The maximum atomic E-state index is 15.6. The molecular formula is C100H112Cl3NO20SSi3. The van der Waals surface area contributed by atoms with E-state index >= 15 is 14.4 Å². The van der Waals surface area contributed by atoms with Crippen molar-refractivity contribution in [2.75, 3.05) is 19.8 Å². The molecule has 0 radical (unpaired) electrons. The molecule has 0 saturated carbocycles. The number of fused-ring (bicyclic) bond motifs is 1. The van der Waals surface area contributed by atoms with Crippen molar-refractivity contribution in [3.63, 3.8) is 0 Å². The van der Waals surface area contributed by atoms with Crippen LogP contribution in [0.1, 0.15) is 112 Å². The van der Waals surface area contributed by atoms with E-state index in [1.54, 1.807) is 60.7 Å². The third-order valence-electron chi connectivity index (χ3n) is 23.9. The summed E-state index contributed by atoms with van der Waals surface area (Å²) in [5.41, 5.74) is 2.32. The van der Waals surface area contributed by atoms with Gasteiger partial charge in [0.05, 0.1) is 30.9 Å². The Bertz CT molecular complexity index is 5080. The Hall–Kier alpha value is -8.12. The third kappa shape index (κ3) is 22.8. The Morgan fingerprint density at radius 1 is 0.430 bits per heavy atom. The minimum Gasteiger partial charge on any atom is -0.452 e. The van der Waals surface area contributed by atoms with Gasteiger partial charge in [0.15, 0.2) is 37.2 Å². The molecule has 4 fully saturated rings. The van der Waals surface area contributed by atoms with Gasteiger partial charge in [-0.2, -0.15) is 0 Å². The van der Waals surface area contributed by atoms with Gasteiger partial charge in [-0.15, -0.1) is 0 Å². The Labute approximate surface area is 772 Å². The fourth-order valence-electron chi connectivity index (χ4n) is 16.2. The smallest absolute Gasteiger partial charge is 0.338 e. The van der Waals surface area contributed by atoms with Crippen LogP contribution in [0.2, 0.25) is 28.2 Å². The van der Waals surface area contributed by atoms with E-state index in [-0.39, 0.29) is 30.9 Å². The zero-order valence-electron chi connectivity index (χ0n) is 73.8. The number of hydrogen-bond donors (Lipinski definition) is 1. The van der Waals surface area contributed by atoms with E-state index in [1.165, 1.54) is 11.8 Å². The summed E-state index contributed by atoms with van der Waals surface area (Å²) in [5, 5.41) is 5.03. The zero-order chi connectivity index (χ0) is 90.4. The van der Waals surface area contributed by atoms with E-state index in [1.807, 2.05) is 257 Å². The number of alkyl halides is 3. The van der Waals surface area contributed by atoms with Crippen LogP contribution in [-0.4, -0.2) is 158 Å². The van der Waals surface area contributed by atoms with Gasteiger partial charge in [-0.1, -0.05) is 375 Å². The molecule has 1 N–H and O–H groups in total. The van der Waals surface area contributed by atoms with Gasteiger partial charge < -0.3 is 57.4 Å². The normalized spacial score (nSPS) is 24.3. The molecule has 4 aliphatic heterocycles. The predicted octanol–water partition coefficient (Wildman–Crippen LogP) is 18.0. The van der Waals surface area contributed by atoms with Crippen molar-refractivity contribution in [3.05, 3.63) is 331 Å². The van der Waals surface area contributed by atoms with Crippen LogP contribution in [-0.2, 0) is 98.5 Å². The van der Waals surface area contributed by atoms with Crippen LogP contribution < -0.4 is 26.1 Å². The van der Waals surface area contributed by atoms with E-state index < -0.39 is 172 Å². The second kappa shape index (κ2) is 42.6. The van der Waals surface area contributed by atoms with Crippen molar-refractivity contribution in [3.8, 4) is 0 Å². The average molecular weight is 1870 g/mol. The van der Waals surface area contributed by atoms with Crippen LogP contribution >= 0.6 is 46.6 Å². The monoisotopic (exact) mass is 1870 g/mol. The number of halogens is 3. The summed E-state index contributed by atoms with van der Waals surface area (Å²) in [6, 6.07) is 91.3. The lowest BCUT2D eigenvalue weighted by atomic mass is 9.93. The molecule has 1 unspecified atom stereocenters. The Morgan fingerprint density at radius 2 is 0.836 bits per heavy atom. The fourth-order valence-corrected chi connectivity index (χ4v) is 26.2. The molecule has 10 aromatic carbocycles. The summed E-state index contributed by atoms with van der Waals surface area (Å²) in [6.45, 7) is 23.8. The molecule has 676 valence electrons. The van der Waals surface area contributed by atoms with Gasteiger partial charge in [0.2, 0.25) is 8.32 Å². The van der Waals surface area contributed by atoms with Crippen LogP contribution in [0.5, 0.6) is 0 Å². The molecule has 28 heteroatoms. The minimum atomic E-state index is -3.56. The molecule has 0 aromatic heterocycles. The average Bonchev–Trinajstić information content (AvgIpc) is 0.752. The maximum absolute atomic E-state index is 15.6. The fraction of sp³-hybridized carbons (Fsp3) is 0.370. The molecule has 4 heterocycles. The summed E-state index contributed by atoms with van der Waals surface area (Å²) in [5.74, 6) is -2.71. The summed E-state index contributed by atoms with van der Waals surface area (Å²) in [6.07, 6.45) is -20.4. The van der Waals surface area contributed by atoms with Crippen LogP contribution in [0, 0.1) is 6.92 Å². The number of thioether (sulfide) groups is 1. The van der Waals surface area contributed by atoms with Gasteiger partial charge in [0.1, 0.15) is 73.5 Å². The number of nitrogens with one attached hydrogen (secondary N) is 1. The third-order valence-corrected chi connectivity index (χ3v) is 39.3. The highest BCUT2D eigenvalue weighted by Gasteiger charge is 2.62. The second-order valence-corrected chi connectivity index (χ2v) is 52.4. The van der Waals surface area contributed by atoms with Gasteiger partial charge in [-0.05, 0) is 103 Å². The number of benzene rings is 10. The van der Waals surface area contributed by atoms with Crippen LogP contribution in [0.4, 0.5) is 0 Å². The van der Waals surface area contributed by atoms with Crippen molar-refractivity contribution in [1.82, 2.24) is 5.32 Å². The predicted molar refractivity (Wildman–Crippen MR) is 499 cm³/mol. The lowest BCUT2D eigenvalue weighted by Gasteiger charge is -2.53. The summed E-state index contributed by atoms with van der Waals surface area (Å²) in [4.78, 5) is 68.0. The highest BCUT2D eigenvalue weighted by molar-refractivity contribution is 7.99. The van der Waals surface area contributed by atoms with E-state index in [9.17, 15) is 0 Å². The maximum Gasteiger partial charge on any atom is 0.338 e. The number of carbonyl (C=O) groups excluding carboxylic acids is 3. The molecule has 1 amide bonds. The van der Waals surface area contributed by atoms with E-state index in [2.05, 4.69) is 67.6 Å². The Balaban J connectivity index is 0.954. The highest BCUT2D eigenvalue weighted by atomic mass is 35.6. The van der Waals surface area contributed by atoms with Crippen LogP contribution in [0.3, 0.4) is 0 Å². The highest BCUT2D eigenvalue weighted by Crippen LogP contribution is 2.47. The largest absolute Gasteiger partial charge is 0.452 e. The number of carbonyl (C=O) groups is 3. The molecule has 0 spiro atoms. The first kappa shape index (κ1) is 96.0. The van der Waals surface area contributed by atoms with Crippen molar-refractivity contribution in [1.29, 1.82) is 0 Å². The lowest BCUT2D eigenvalue weighted by Crippen LogP contribution is -2.72. The number of rotatable bonds is 33. The summed E-state index contributed by atoms with van der Waals surface area (Å²) in [7, 11) is -10.1. The standard InChI is InChI=1S/C100H112Cl3NO20SSi3/c1-67-58-60-73(61-59-67)125-95-89(117-91(106)71-46-28-16-29-47-71)86(108-62-68-40-22-13-23-41-68)83(79(115-95)65-111-122-127(98(5,6)7,74-50-32-18-33-51-74)75-52-34-19-35-53-75)119-93-81(104-96(107)100(101,102)103)85(82-78(113-93)64-110-92(118-82)72-48-30-17-31-49-72)120-94-88(116-90(105)70-44-26-15-27-45-70)87(109-63-69-42-24-14-25-43-69)84(121-124-126(11,12)97(2,3)4)80(114-94)66-112-123-128(99(8,9)10,76-54-36-20-37-55-76)77-56-38-21-39-57-77/h13-61,78-89,92-95H,62-66H2,1-12H3,(H,104,107)/t78-,79-,80-,81-,82+,83-,84-,85-,86+,87+,88-,89-,92?,93+,94+,95+/m1/s1. The SMILES string of the molecule is Cc1ccc(S[C@@H]2O[C@H](COO[Si](c3ccccc3)(c3ccccc3)C(C)(C)C)[C@@H](O[C@@H]3O[C@@H]4COC(c5ccccc5)O[C@@H]4[C@H](O[C@@H]4O[C@H](COO[Si](c5ccccc5)(c5ccccc5)C(C)(C)C)[C@@H](OO[Si](C)(C)C(C)(C)C)[C@H](OCc5ccccc5)[C@H]4OC(=O)c4ccccc4)[C@H]3NC(=O)C(Cl)(Cl)Cl)[C@H](OCc3ccccc3)[C@H]2OC(=O)c2ccccc2)cc1. The molecule has 128 heavy (non-hydrogen) atoms. The van der Waals surface area contributed by atoms with Crippen LogP contribution in [0.25, 0.3) is 0 Å². The number of amides is 1. The molecule has 0 bridgehead atoms. The molecule has 16 atom stereocenters. The van der Waals surface area contributed by atoms with Gasteiger partial charge >= 0.3 is 28.6 Å². The topological polar surface area (TPSA) is 220 Å². The summed E-state index contributed by atoms with van der Waals surface area (Å²) < 4.78 is 99.4. The van der Waals surface area contributed by atoms with Gasteiger partial charge in [-0.3, -0.25) is 18.5 Å². The molecule has 14 rings (SSSR count). The molecule has 0 aliphatic carbocycles.